The van der Waals surface area contributed by atoms with Crippen LogP contribution in [0.2, 0.25) is 0 Å². The number of para-hydroxylation sites is 1. The summed E-state index contributed by atoms with van der Waals surface area (Å²) in [6, 6.07) is 10.1. The number of hydrogen-bond acceptors (Lipinski definition) is 6. The minimum Gasteiger partial charge on any atom is -0.459 e. The second-order valence-corrected chi connectivity index (χ2v) is 6.93. The number of hydrogen-bond donors (Lipinski definition) is 0. The number of nitrogens with zero attached hydrogens (tertiary/aromatic N) is 3. The molecule has 0 spiro atoms. The van der Waals surface area contributed by atoms with Crippen LogP contribution in [0.5, 0.6) is 0 Å². The molecule has 3 rings (SSSR count). The number of amides is 1. The zero-order valence-electron chi connectivity index (χ0n) is 17.5. The summed E-state index contributed by atoms with van der Waals surface area (Å²) in [5.74, 6) is 0.489. The molecule has 0 aliphatic carbocycles. The van der Waals surface area contributed by atoms with E-state index in [4.69, 9.17) is 18.9 Å². The van der Waals surface area contributed by atoms with Gasteiger partial charge in [-0.2, -0.15) is 0 Å². The average molecular weight is 413 g/mol. The van der Waals surface area contributed by atoms with Crippen LogP contribution in [0.15, 0.2) is 51.9 Å². The molecule has 8 heteroatoms. The fourth-order valence-electron chi connectivity index (χ4n) is 3.43. The second-order valence-electron chi connectivity index (χ2n) is 6.93. The van der Waals surface area contributed by atoms with Crippen molar-refractivity contribution < 1.29 is 18.7 Å². The van der Waals surface area contributed by atoms with Gasteiger partial charge in [0.1, 0.15) is 5.82 Å². The highest BCUT2D eigenvalue weighted by Crippen LogP contribution is 2.23. The number of carbonyl (C=O) groups excluding carboxylic acids is 1. The Morgan fingerprint density at radius 1 is 1.17 bits per heavy atom. The molecule has 0 radical (unpaired) electrons. The fourth-order valence-corrected chi connectivity index (χ4v) is 3.43. The normalized spacial score (nSPS) is 12.2. The third-order valence-electron chi connectivity index (χ3n) is 4.99. The minimum atomic E-state index is -0.464. The molecule has 1 atom stereocenters. The predicted octanol–water partition coefficient (Wildman–Crippen LogP) is 2.88. The van der Waals surface area contributed by atoms with E-state index in [1.807, 2.05) is 19.1 Å². The summed E-state index contributed by atoms with van der Waals surface area (Å²) in [4.78, 5) is 32.7. The Hall–Kier alpha value is -2.97. The van der Waals surface area contributed by atoms with Crippen molar-refractivity contribution in [1.82, 2.24) is 14.5 Å². The van der Waals surface area contributed by atoms with E-state index in [-0.39, 0.29) is 17.2 Å². The molecular weight excluding hydrogens is 386 g/mol. The first kappa shape index (κ1) is 21.7. The molecule has 2 aromatic heterocycles. The van der Waals surface area contributed by atoms with Crippen LogP contribution in [-0.4, -0.2) is 54.3 Å². The van der Waals surface area contributed by atoms with E-state index in [9.17, 15) is 9.59 Å². The maximum atomic E-state index is 13.2. The quantitative estimate of drug-likeness (QED) is 0.475. The van der Waals surface area contributed by atoms with Crippen molar-refractivity contribution in [3.05, 3.63) is 64.6 Å². The van der Waals surface area contributed by atoms with Crippen LogP contribution in [0.25, 0.3) is 10.9 Å². The lowest BCUT2D eigenvalue weighted by molar-refractivity contribution is 0.0621. The summed E-state index contributed by atoms with van der Waals surface area (Å²) < 4.78 is 17.3. The summed E-state index contributed by atoms with van der Waals surface area (Å²) in [6.45, 7) is 3.51. The third kappa shape index (κ3) is 4.60. The van der Waals surface area contributed by atoms with E-state index in [1.54, 1.807) is 48.0 Å². The molecule has 30 heavy (non-hydrogen) atoms. The van der Waals surface area contributed by atoms with Crippen molar-refractivity contribution in [3.63, 3.8) is 0 Å². The molecule has 0 bridgehead atoms. The summed E-state index contributed by atoms with van der Waals surface area (Å²) in [6.07, 6.45) is 2.11. The highest BCUT2D eigenvalue weighted by atomic mass is 16.5. The number of ether oxygens (including phenoxy) is 2. The Morgan fingerprint density at radius 3 is 2.63 bits per heavy atom. The summed E-state index contributed by atoms with van der Waals surface area (Å²) >= 11 is 0. The van der Waals surface area contributed by atoms with Crippen molar-refractivity contribution in [3.8, 4) is 0 Å². The smallest absolute Gasteiger partial charge is 0.290 e. The first-order chi connectivity index (χ1) is 14.6. The van der Waals surface area contributed by atoms with Crippen LogP contribution >= 0.6 is 0 Å². The monoisotopic (exact) mass is 413 g/mol. The fraction of sp³-hybridized carbons (Fsp3) is 0.409. The average Bonchev–Trinajstić information content (AvgIpc) is 3.30. The van der Waals surface area contributed by atoms with Gasteiger partial charge in [0.25, 0.3) is 11.5 Å². The molecule has 8 nitrogen and oxygen atoms in total. The molecular formula is C22H27N3O5. The Bertz CT molecular complexity index is 1030. The van der Waals surface area contributed by atoms with Gasteiger partial charge in [0, 0.05) is 27.4 Å². The number of fused-ring (bicyclic) bond motifs is 1. The molecule has 1 amide bonds. The Morgan fingerprint density at radius 2 is 1.93 bits per heavy atom. The third-order valence-corrected chi connectivity index (χ3v) is 4.99. The van der Waals surface area contributed by atoms with Gasteiger partial charge in [0.15, 0.2) is 5.76 Å². The highest BCUT2D eigenvalue weighted by Gasteiger charge is 2.28. The Kier molecular flexibility index (Phi) is 7.37. The molecule has 3 aromatic rings. The number of rotatable bonds is 10. The Balaban J connectivity index is 2.06. The molecule has 1 unspecified atom stereocenters. The Labute approximate surface area is 175 Å². The first-order valence-corrected chi connectivity index (χ1v) is 9.90. The maximum absolute atomic E-state index is 13.2. The maximum Gasteiger partial charge on any atom is 0.290 e. The summed E-state index contributed by atoms with van der Waals surface area (Å²) in [5.41, 5.74) is 0.446. The molecule has 1 aromatic carbocycles. The number of furan rings is 1. The van der Waals surface area contributed by atoms with Crippen molar-refractivity contribution in [2.24, 2.45) is 0 Å². The minimum absolute atomic E-state index is 0.151. The van der Waals surface area contributed by atoms with E-state index >= 15 is 0 Å². The number of carbonyl (C=O) groups is 1. The molecule has 0 fully saturated rings. The first-order valence-electron chi connectivity index (χ1n) is 9.90. The van der Waals surface area contributed by atoms with Gasteiger partial charge in [-0.3, -0.25) is 14.2 Å². The van der Waals surface area contributed by atoms with Crippen molar-refractivity contribution in [2.75, 3.05) is 34.0 Å². The van der Waals surface area contributed by atoms with E-state index in [0.29, 0.717) is 49.5 Å². The summed E-state index contributed by atoms with van der Waals surface area (Å²) in [7, 11) is 3.20. The zero-order valence-corrected chi connectivity index (χ0v) is 17.5. The summed E-state index contributed by atoms with van der Waals surface area (Å²) in [5, 5.41) is 0.535. The lowest BCUT2D eigenvalue weighted by atomic mass is 10.1. The number of methoxy groups -OCH3 is 2. The van der Waals surface area contributed by atoms with Crippen LogP contribution in [0.1, 0.15) is 35.8 Å². The van der Waals surface area contributed by atoms with Crippen LogP contribution < -0.4 is 5.56 Å². The van der Waals surface area contributed by atoms with Crippen molar-refractivity contribution in [1.29, 1.82) is 0 Å². The van der Waals surface area contributed by atoms with Gasteiger partial charge in [0.2, 0.25) is 0 Å². The highest BCUT2D eigenvalue weighted by molar-refractivity contribution is 5.91. The van der Waals surface area contributed by atoms with E-state index in [2.05, 4.69) is 0 Å². The number of aromatic nitrogens is 2. The van der Waals surface area contributed by atoms with Gasteiger partial charge in [-0.15, -0.1) is 0 Å². The standard InChI is InChI=1S/C22H27N3O5/c1-16(24(11-7-13-28-2)22(27)19-10-6-14-30-19)20-23-18-9-5-4-8-17(18)21(26)25(20)12-15-29-3/h4-6,8-10,14,16H,7,11-13,15H2,1-3H3. The molecule has 0 N–H and O–H groups in total. The van der Waals surface area contributed by atoms with Gasteiger partial charge in [-0.1, -0.05) is 12.1 Å². The van der Waals surface area contributed by atoms with Crippen LogP contribution in [0.3, 0.4) is 0 Å². The van der Waals surface area contributed by atoms with Crippen LogP contribution in [0, 0.1) is 0 Å². The lowest BCUT2D eigenvalue weighted by Crippen LogP contribution is -2.39. The van der Waals surface area contributed by atoms with E-state index in [0.717, 1.165) is 0 Å². The lowest BCUT2D eigenvalue weighted by Gasteiger charge is -2.30. The molecule has 0 aliphatic heterocycles. The molecule has 2 heterocycles. The molecule has 0 saturated heterocycles. The van der Waals surface area contributed by atoms with Gasteiger partial charge in [-0.25, -0.2) is 4.98 Å². The van der Waals surface area contributed by atoms with Crippen molar-refractivity contribution in [2.45, 2.75) is 25.9 Å². The number of benzene rings is 1. The molecule has 0 aliphatic rings. The van der Waals surface area contributed by atoms with E-state index < -0.39 is 6.04 Å². The predicted molar refractivity (Wildman–Crippen MR) is 113 cm³/mol. The van der Waals surface area contributed by atoms with Crippen molar-refractivity contribution >= 4 is 16.8 Å². The van der Waals surface area contributed by atoms with Gasteiger partial charge >= 0.3 is 0 Å². The zero-order chi connectivity index (χ0) is 21.5. The van der Waals surface area contributed by atoms with Gasteiger partial charge < -0.3 is 18.8 Å². The van der Waals surface area contributed by atoms with Crippen LogP contribution in [-0.2, 0) is 16.0 Å². The SMILES string of the molecule is COCCCN(C(=O)c1ccco1)C(C)c1nc2ccccc2c(=O)n1CCOC. The van der Waals surface area contributed by atoms with Gasteiger partial charge in [-0.05, 0) is 37.6 Å². The topological polar surface area (TPSA) is 86.8 Å². The molecule has 160 valence electrons. The van der Waals surface area contributed by atoms with Crippen LogP contribution in [0.4, 0.5) is 0 Å². The molecule has 0 saturated carbocycles. The van der Waals surface area contributed by atoms with E-state index in [1.165, 1.54) is 6.26 Å². The largest absolute Gasteiger partial charge is 0.459 e. The van der Waals surface area contributed by atoms with Gasteiger partial charge in [0.05, 0.1) is 36.4 Å². The second kappa shape index (κ2) is 10.2.